The molecule has 0 N–H and O–H groups in total. The Bertz CT molecular complexity index is 371. The lowest BCUT2D eigenvalue weighted by molar-refractivity contribution is 0.392. The third kappa shape index (κ3) is 1.67. The van der Waals surface area contributed by atoms with Crippen molar-refractivity contribution in [3.05, 3.63) is 34.5 Å². The van der Waals surface area contributed by atoms with Crippen LogP contribution in [-0.2, 0) is 0 Å². The number of aliphatic imine (C=N–C) groups is 1. The summed E-state index contributed by atoms with van der Waals surface area (Å²) >= 11 is 1.75. The summed E-state index contributed by atoms with van der Waals surface area (Å²) in [6, 6.07) is 4.56. The second-order valence-corrected chi connectivity index (χ2v) is 5.27. The minimum absolute atomic E-state index is 0.195. The molecule has 1 aromatic rings. The van der Waals surface area contributed by atoms with Crippen LogP contribution in [-0.4, -0.2) is 11.8 Å². The van der Waals surface area contributed by atoms with Gasteiger partial charge in [0.1, 0.15) is 0 Å². The zero-order chi connectivity index (χ0) is 10.2. The first-order chi connectivity index (χ1) is 6.59. The molecule has 2 rings (SSSR count). The topological polar surface area (TPSA) is 12.4 Å². The molecule has 1 aliphatic rings. The first kappa shape index (κ1) is 9.66. The van der Waals surface area contributed by atoms with Crippen LogP contribution in [0.5, 0.6) is 0 Å². The molecule has 1 nitrogen and oxygen atoms in total. The van der Waals surface area contributed by atoms with E-state index in [2.05, 4.69) is 50.4 Å². The molecule has 2 heterocycles. The molecule has 1 aliphatic heterocycles. The van der Waals surface area contributed by atoms with Crippen LogP contribution in [0.1, 0.15) is 25.6 Å². The molecule has 0 aromatic carbocycles. The number of hydrogen-bond donors (Lipinski definition) is 0. The van der Waals surface area contributed by atoms with Crippen LogP contribution in [0.25, 0.3) is 0 Å². The molecule has 1 atom stereocenters. The average molecular weight is 205 g/mol. The van der Waals surface area contributed by atoms with Crippen LogP contribution in [0.4, 0.5) is 0 Å². The van der Waals surface area contributed by atoms with Gasteiger partial charge in [-0.15, -0.1) is 11.3 Å². The fraction of sp³-hybridized carbons (Fsp3) is 0.417. The van der Waals surface area contributed by atoms with Gasteiger partial charge in [0, 0.05) is 5.41 Å². The van der Waals surface area contributed by atoms with Crippen molar-refractivity contribution in [2.75, 3.05) is 0 Å². The number of thiophene rings is 1. The fourth-order valence-electron chi connectivity index (χ4n) is 1.42. The van der Waals surface area contributed by atoms with E-state index in [1.807, 2.05) is 0 Å². The summed E-state index contributed by atoms with van der Waals surface area (Å²) in [4.78, 5) is 5.98. The van der Waals surface area contributed by atoms with Crippen molar-refractivity contribution >= 4 is 17.0 Å². The van der Waals surface area contributed by atoms with Gasteiger partial charge in [-0.1, -0.05) is 26.0 Å². The Kier molecular flexibility index (Phi) is 2.31. The molecule has 0 bridgehead atoms. The molecular formula is C12H15NS. The normalized spacial score (nSPS) is 24.8. The van der Waals surface area contributed by atoms with E-state index in [1.165, 1.54) is 4.88 Å². The average Bonchev–Trinajstić information content (AvgIpc) is 2.62. The molecule has 1 aromatic heterocycles. The first-order valence-electron chi connectivity index (χ1n) is 4.90. The van der Waals surface area contributed by atoms with E-state index in [9.17, 15) is 0 Å². The minimum Gasteiger partial charge on any atom is -0.280 e. The lowest BCUT2D eigenvalue weighted by Gasteiger charge is -2.29. The van der Waals surface area contributed by atoms with Gasteiger partial charge in [-0.3, -0.25) is 4.99 Å². The van der Waals surface area contributed by atoms with Gasteiger partial charge in [0.15, 0.2) is 0 Å². The number of hydrogen-bond acceptors (Lipinski definition) is 2. The van der Waals surface area contributed by atoms with E-state index < -0.39 is 0 Å². The van der Waals surface area contributed by atoms with E-state index in [-0.39, 0.29) is 5.41 Å². The van der Waals surface area contributed by atoms with Crippen molar-refractivity contribution in [1.82, 2.24) is 0 Å². The summed E-state index contributed by atoms with van der Waals surface area (Å²) in [5.41, 5.74) is 1.33. The monoisotopic (exact) mass is 205 g/mol. The number of allylic oxidation sites excluding steroid dienone is 1. The zero-order valence-corrected chi connectivity index (χ0v) is 9.64. The molecule has 0 saturated carbocycles. The molecule has 14 heavy (non-hydrogen) atoms. The molecule has 2 heteroatoms. The number of rotatable bonds is 1. The standard InChI is InChI=1S/C12H15NS/c1-9-12(2,3)7-6-10(13-9)11-5-4-8-14-11/h4-9H,1-3H3. The first-order valence-corrected chi connectivity index (χ1v) is 5.78. The van der Waals surface area contributed by atoms with Crippen LogP contribution in [0.2, 0.25) is 0 Å². The Morgan fingerprint density at radius 1 is 1.43 bits per heavy atom. The Balaban J connectivity index is 2.31. The lowest BCUT2D eigenvalue weighted by Crippen LogP contribution is -2.27. The Morgan fingerprint density at radius 2 is 2.21 bits per heavy atom. The van der Waals surface area contributed by atoms with Gasteiger partial charge in [-0.25, -0.2) is 0 Å². The highest BCUT2D eigenvalue weighted by Gasteiger charge is 2.25. The maximum Gasteiger partial charge on any atom is 0.0747 e. The molecule has 0 radical (unpaired) electrons. The summed E-state index contributed by atoms with van der Waals surface area (Å²) in [5.74, 6) is 0. The Hall–Kier alpha value is -0.890. The summed E-state index contributed by atoms with van der Waals surface area (Å²) in [5, 5.41) is 2.09. The molecule has 0 saturated heterocycles. The molecule has 0 fully saturated rings. The van der Waals surface area contributed by atoms with E-state index in [0.717, 1.165) is 5.71 Å². The van der Waals surface area contributed by atoms with E-state index in [1.54, 1.807) is 11.3 Å². The highest BCUT2D eigenvalue weighted by atomic mass is 32.1. The second-order valence-electron chi connectivity index (χ2n) is 4.32. The Morgan fingerprint density at radius 3 is 2.79 bits per heavy atom. The fourth-order valence-corrected chi connectivity index (χ4v) is 2.12. The van der Waals surface area contributed by atoms with Crippen LogP contribution in [0.15, 0.2) is 34.7 Å². The summed E-state index contributed by atoms with van der Waals surface area (Å²) in [6.45, 7) is 6.63. The van der Waals surface area contributed by atoms with Crippen molar-refractivity contribution in [2.45, 2.75) is 26.8 Å². The lowest BCUT2D eigenvalue weighted by atomic mass is 9.83. The van der Waals surface area contributed by atoms with Crippen LogP contribution in [0, 0.1) is 5.41 Å². The van der Waals surface area contributed by atoms with Crippen LogP contribution >= 0.6 is 11.3 Å². The third-order valence-corrected chi connectivity index (χ3v) is 3.75. The summed E-state index contributed by atoms with van der Waals surface area (Å²) < 4.78 is 0. The van der Waals surface area contributed by atoms with Crippen molar-refractivity contribution in [3.63, 3.8) is 0 Å². The van der Waals surface area contributed by atoms with Crippen LogP contribution in [0.3, 0.4) is 0 Å². The predicted octanol–water partition coefficient (Wildman–Crippen LogP) is 3.52. The maximum atomic E-state index is 4.72. The van der Waals surface area contributed by atoms with Crippen LogP contribution < -0.4 is 0 Å². The number of nitrogens with zero attached hydrogens (tertiary/aromatic N) is 1. The highest BCUT2D eigenvalue weighted by Crippen LogP contribution is 2.29. The summed E-state index contributed by atoms with van der Waals surface area (Å²) in [7, 11) is 0. The van der Waals surface area contributed by atoms with E-state index >= 15 is 0 Å². The molecule has 74 valence electrons. The summed E-state index contributed by atoms with van der Waals surface area (Å²) in [6.07, 6.45) is 4.41. The predicted molar refractivity (Wildman–Crippen MR) is 63.2 cm³/mol. The Labute approximate surface area is 89.2 Å². The minimum atomic E-state index is 0.195. The highest BCUT2D eigenvalue weighted by molar-refractivity contribution is 7.12. The van der Waals surface area contributed by atoms with Crippen molar-refractivity contribution in [1.29, 1.82) is 0 Å². The van der Waals surface area contributed by atoms with Gasteiger partial charge in [0.25, 0.3) is 0 Å². The third-order valence-electron chi connectivity index (χ3n) is 2.85. The molecule has 0 spiro atoms. The molecule has 0 amide bonds. The molecule has 1 unspecified atom stereocenters. The van der Waals surface area contributed by atoms with E-state index in [0.29, 0.717) is 6.04 Å². The maximum absolute atomic E-state index is 4.72. The van der Waals surface area contributed by atoms with Gasteiger partial charge in [-0.2, -0.15) is 0 Å². The van der Waals surface area contributed by atoms with Gasteiger partial charge in [0.2, 0.25) is 0 Å². The number of dihydropyridines is 1. The quantitative estimate of drug-likeness (QED) is 0.665. The van der Waals surface area contributed by atoms with E-state index in [4.69, 9.17) is 4.99 Å². The zero-order valence-electron chi connectivity index (χ0n) is 8.82. The van der Waals surface area contributed by atoms with Gasteiger partial charge in [0.05, 0.1) is 16.6 Å². The smallest absolute Gasteiger partial charge is 0.0747 e. The van der Waals surface area contributed by atoms with Gasteiger partial charge in [-0.05, 0) is 24.4 Å². The van der Waals surface area contributed by atoms with Crippen molar-refractivity contribution in [2.24, 2.45) is 10.4 Å². The van der Waals surface area contributed by atoms with Crippen molar-refractivity contribution in [3.8, 4) is 0 Å². The van der Waals surface area contributed by atoms with Crippen molar-refractivity contribution < 1.29 is 0 Å². The largest absolute Gasteiger partial charge is 0.280 e. The SMILES string of the molecule is CC1N=C(c2cccs2)C=CC1(C)C. The molecular weight excluding hydrogens is 190 g/mol. The molecule has 0 aliphatic carbocycles. The second kappa shape index (κ2) is 3.35. The van der Waals surface area contributed by atoms with Gasteiger partial charge < -0.3 is 0 Å². The van der Waals surface area contributed by atoms with Gasteiger partial charge >= 0.3 is 0 Å².